The number of amides is 1. The lowest BCUT2D eigenvalue weighted by Gasteiger charge is -2.39. The van der Waals surface area contributed by atoms with Crippen molar-refractivity contribution >= 4 is 5.91 Å². The molecule has 0 unspecified atom stereocenters. The summed E-state index contributed by atoms with van der Waals surface area (Å²) >= 11 is 0. The first-order chi connectivity index (χ1) is 7.47. The highest BCUT2D eigenvalue weighted by Crippen LogP contribution is 2.21. The van der Waals surface area contributed by atoms with Gasteiger partial charge in [0.2, 0.25) is 5.91 Å². The summed E-state index contributed by atoms with van der Waals surface area (Å²) in [4.78, 5) is 13.7. The Labute approximate surface area is 98.3 Å². The molecule has 0 aromatic rings. The third kappa shape index (κ3) is 3.76. The maximum atomic E-state index is 11.8. The van der Waals surface area contributed by atoms with Crippen LogP contribution in [0.1, 0.15) is 33.6 Å². The predicted octanol–water partition coefficient (Wildman–Crippen LogP) is 1.01. The summed E-state index contributed by atoms with van der Waals surface area (Å²) < 4.78 is 5.33. The molecule has 0 bridgehead atoms. The third-order valence-corrected chi connectivity index (χ3v) is 3.36. The molecule has 0 saturated carbocycles. The van der Waals surface area contributed by atoms with Crippen LogP contribution >= 0.6 is 0 Å². The molecule has 1 rings (SSSR count). The maximum Gasteiger partial charge on any atom is 0.248 e. The number of carbonyl (C=O) groups is 1. The first kappa shape index (κ1) is 13.5. The number of nitrogens with one attached hydrogen (secondary N) is 1. The molecular formula is C12H24N2O2. The molecule has 0 aromatic carbocycles. The summed E-state index contributed by atoms with van der Waals surface area (Å²) in [5.41, 5.74) is 0.190. The van der Waals surface area contributed by atoms with Crippen LogP contribution in [0.3, 0.4) is 0 Å². The average molecular weight is 228 g/mol. The van der Waals surface area contributed by atoms with Crippen LogP contribution in [0.25, 0.3) is 0 Å². The van der Waals surface area contributed by atoms with E-state index in [1.54, 1.807) is 0 Å². The van der Waals surface area contributed by atoms with Gasteiger partial charge in [-0.25, -0.2) is 0 Å². The largest absolute Gasteiger partial charge is 0.369 e. The van der Waals surface area contributed by atoms with Gasteiger partial charge in [-0.1, -0.05) is 0 Å². The van der Waals surface area contributed by atoms with Gasteiger partial charge in [-0.15, -0.1) is 0 Å². The summed E-state index contributed by atoms with van der Waals surface area (Å²) in [7, 11) is 1.99. The quantitative estimate of drug-likeness (QED) is 0.781. The molecule has 1 N–H and O–H groups in total. The zero-order valence-corrected chi connectivity index (χ0v) is 10.9. The van der Waals surface area contributed by atoms with Crippen molar-refractivity contribution in [2.75, 3.05) is 26.7 Å². The minimum atomic E-state index is 0.117. The number of nitrogens with zero attached hydrogens (tertiary/aromatic N) is 1. The molecule has 0 atom stereocenters. The molecule has 0 aromatic heterocycles. The van der Waals surface area contributed by atoms with Crippen LogP contribution < -0.4 is 5.32 Å². The van der Waals surface area contributed by atoms with E-state index in [2.05, 4.69) is 12.2 Å². The van der Waals surface area contributed by atoms with Crippen LogP contribution in [0, 0.1) is 0 Å². The SMILES string of the molecule is CNC1(C)CCN(C(=O)COC(C)C)CC1. The van der Waals surface area contributed by atoms with Crippen LogP contribution in [-0.2, 0) is 9.53 Å². The molecule has 1 saturated heterocycles. The van der Waals surface area contributed by atoms with Crippen LogP contribution in [0.2, 0.25) is 0 Å². The van der Waals surface area contributed by atoms with Crippen molar-refractivity contribution in [2.24, 2.45) is 0 Å². The first-order valence-corrected chi connectivity index (χ1v) is 6.05. The summed E-state index contributed by atoms with van der Waals surface area (Å²) in [5, 5.41) is 3.32. The van der Waals surface area contributed by atoms with Gasteiger partial charge >= 0.3 is 0 Å². The second-order valence-electron chi connectivity index (χ2n) is 5.05. The molecule has 1 aliphatic heterocycles. The average Bonchev–Trinajstić information content (AvgIpc) is 2.27. The molecule has 1 heterocycles. The molecule has 4 nitrogen and oxygen atoms in total. The van der Waals surface area contributed by atoms with Gasteiger partial charge in [-0.05, 0) is 40.7 Å². The van der Waals surface area contributed by atoms with E-state index in [4.69, 9.17) is 4.74 Å². The molecular weight excluding hydrogens is 204 g/mol. The summed E-state index contributed by atoms with van der Waals surface area (Å²) in [6.45, 7) is 7.98. The molecule has 0 radical (unpaired) electrons. The molecule has 0 spiro atoms. The van der Waals surface area contributed by atoms with Crippen molar-refractivity contribution in [1.82, 2.24) is 10.2 Å². The van der Waals surface area contributed by atoms with E-state index in [9.17, 15) is 4.79 Å². The normalized spacial score (nSPS) is 20.2. The van der Waals surface area contributed by atoms with Crippen molar-refractivity contribution in [3.05, 3.63) is 0 Å². The Morgan fingerprint density at radius 3 is 2.44 bits per heavy atom. The molecule has 94 valence electrons. The highest BCUT2D eigenvalue weighted by Gasteiger charge is 2.30. The third-order valence-electron chi connectivity index (χ3n) is 3.36. The minimum Gasteiger partial charge on any atom is -0.369 e. The number of rotatable bonds is 4. The second-order valence-corrected chi connectivity index (χ2v) is 5.05. The van der Waals surface area contributed by atoms with E-state index in [0.717, 1.165) is 25.9 Å². The molecule has 4 heteroatoms. The van der Waals surface area contributed by atoms with E-state index >= 15 is 0 Å². The monoisotopic (exact) mass is 228 g/mol. The second kappa shape index (κ2) is 5.64. The fourth-order valence-corrected chi connectivity index (χ4v) is 1.83. The lowest BCUT2D eigenvalue weighted by Crippen LogP contribution is -2.52. The number of ether oxygens (including phenoxy) is 1. The van der Waals surface area contributed by atoms with Crippen molar-refractivity contribution in [2.45, 2.75) is 45.3 Å². The van der Waals surface area contributed by atoms with Gasteiger partial charge in [0.05, 0.1) is 6.10 Å². The Balaban J connectivity index is 2.33. The first-order valence-electron chi connectivity index (χ1n) is 6.05. The Morgan fingerprint density at radius 1 is 1.44 bits per heavy atom. The molecule has 1 aliphatic rings. The fraction of sp³-hybridized carbons (Fsp3) is 0.917. The lowest BCUT2D eigenvalue weighted by molar-refractivity contribution is -0.139. The van der Waals surface area contributed by atoms with Gasteiger partial charge in [-0.3, -0.25) is 4.79 Å². The molecule has 1 fully saturated rings. The Morgan fingerprint density at radius 2 is 2.00 bits per heavy atom. The van der Waals surface area contributed by atoms with Gasteiger partial charge in [0.25, 0.3) is 0 Å². The van der Waals surface area contributed by atoms with Gasteiger partial charge in [0.15, 0.2) is 0 Å². The number of carbonyl (C=O) groups excluding carboxylic acids is 1. The van der Waals surface area contributed by atoms with Crippen LogP contribution in [0.4, 0.5) is 0 Å². The van der Waals surface area contributed by atoms with E-state index in [0.29, 0.717) is 0 Å². The Hall–Kier alpha value is -0.610. The highest BCUT2D eigenvalue weighted by atomic mass is 16.5. The van der Waals surface area contributed by atoms with Crippen LogP contribution in [0.15, 0.2) is 0 Å². The van der Waals surface area contributed by atoms with Gasteiger partial charge < -0.3 is 15.0 Å². The van der Waals surface area contributed by atoms with Gasteiger partial charge in [-0.2, -0.15) is 0 Å². The van der Waals surface area contributed by atoms with Crippen molar-refractivity contribution in [1.29, 1.82) is 0 Å². The maximum absolute atomic E-state index is 11.8. The van der Waals surface area contributed by atoms with E-state index in [1.807, 2.05) is 25.8 Å². The molecule has 0 aliphatic carbocycles. The van der Waals surface area contributed by atoms with Gasteiger partial charge in [0.1, 0.15) is 6.61 Å². The zero-order valence-electron chi connectivity index (χ0n) is 10.9. The van der Waals surface area contributed by atoms with Gasteiger partial charge in [0, 0.05) is 18.6 Å². The van der Waals surface area contributed by atoms with E-state index < -0.39 is 0 Å². The Kier molecular flexibility index (Phi) is 4.74. The highest BCUT2D eigenvalue weighted by molar-refractivity contribution is 5.77. The van der Waals surface area contributed by atoms with Crippen molar-refractivity contribution < 1.29 is 9.53 Å². The lowest BCUT2D eigenvalue weighted by atomic mass is 9.90. The topological polar surface area (TPSA) is 41.6 Å². The van der Waals surface area contributed by atoms with E-state index in [1.165, 1.54) is 0 Å². The van der Waals surface area contributed by atoms with Crippen molar-refractivity contribution in [3.63, 3.8) is 0 Å². The molecule has 1 amide bonds. The fourth-order valence-electron chi connectivity index (χ4n) is 1.83. The standard InChI is InChI=1S/C12H24N2O2/c1-10(2)16-9-11(15)14-7-5-12(3,13-4)6-8-14/h10,13H,5-9H2,1-4H3. The van der Waals surface area contributed by atoms with Crippen molar-refractivity contribution in [3.8, 4) is 0 Å². The van der Waals surface area contributed by atoms with E-state index in [-0.39, 0.29) is 24.2 Å². The summed E-state index contributed by atoms with van der Waals surface area (Å²) in [6.07, 6.45) is 2.14. The summed E-state index contributed by atoms with van der Waals surface area (Å²) in [5.74, 6) is 0.117. The predicted molar refractivity (Wildman–Crippen MR) is 64.4 cm³/mol. The Bertz CT molecular complexity index is 233. The number of piperidine rings is 1. The number of hydrogen-bond acceptors (Lipinski definition) is 3. The molecule has 16 heavy (non-hydrogen) atoms. The number of likely N-dealkylation sites (tertiary alicyclic amines) is 1. The zero-order chi connectivity index (χ0) is 12.2. The van der Waals surface area contributed by atoms with Crippen LogP contribution in [0.5, 0.6) is 0 Å². The number of hydrogen-bond donors (Lipinski definition) is 1. The minimum absolute atomic E-state index is 0.117. The van der Waals surface area contributed by atoms with Crippen LogP contribution in [-0.4, -0.2) is 49.2 Å². The smallest absolute Gasteiger partial charge is 0.248 e. The summed E-state index contributed by atoms with van der Waals surface area (Å²) in [6, 6.07) is 0.